The highest BCUT2D eigenvalue weighted by Gasteiger charge is 2.35. The van der Waals surface area contributed by atoms with E-state index in [0.717, 1.165) is 5.01 Å². The van der Waals surface area contributed by atoms with E-state index in [1.54, 1.807) is 18.5 Å². The monoisotopic (exact) mass is 312 g/mol. The molecule has 8 nitrogen and oxygen atoms in total. The number of rotatable bonds is 4. The van der Waals surface area contributed by atoms with Gasteiger partial charge in [0.25, 0.3) is 0 Å². The van der Waals surface area contributed by atoms with E-state index in [1.165, 1.54) is 16.2 Å². The van der Waals surface area contributed by atoms with Gasteiger partial charge in [-0.3, -0.25) is 9.59 Å². The highest BCUT2D eigenvalue weighted by molar-refractivity contribution is 7.09. The van der Waals surface area contributed by atoms with Crippen LogP contribution in [0.3, 0.4) is 0 Å². The number of carboxylic acids is 1. The highest BCUT2D eigenvalue weighted by Crippen LogP contribution is 2.16. The zero-order valence-electron chi connectivity index (χ0n) is 11.4. The van der Waals surface area contributed by atoms with Gasteiger partial charge in [-0.05, 0) is 6.92 Å². The molecule has 3 N–H and O–H groups in total. The van der Waals surface area contributed by atoms with Gasteiger partial charge in [0.2, 0.25) is 5.91 Å². The van der Waals surface area contributed by atoms with Crippen LogP contribution in [0, 0.1) is 0 Å². The Labute approximate surface area is 125 Å². The summed E-state index contributed by atoms with van der Waals surface area (Å²) in [6, 6.07) is -1.74. The summed E-state index contributed by atoms with van der Waals surface area (Å²) >= 11 is 1.41. The van der Waals surface area contributed by atoms with Crippen LogP contribution in [0.5, 0.6) is 0 Å². The van der Waals surface area contributed by atoms with Gasteiger partial charge in [-0.25, -0.2) is 9.78 Å². The summed E-state index contributed by atoms with van der Waals surface area (Å²) in [6.07, 6.45) is 1.23. The normalized spacial score (nSPS) is 19.8. The fraction of sp³-hybridized carbons (Fsp3) is 0.500. The molecule has 3 amide bonds. The number of aromatic nitrogens is 1. The summed E-state index contributed by atoms with van der Waals surface area (Å²) in [5.74, 6) is -1.57. The summed E-state index contributed by atoms with van der Waals surface area (Å²) in [5, 5.41) is 16.7. The molecule has 1 aromatic rings. The molecule has 1 aliphatic rings. The molecular weight excluding hydrogens is 296 g/mol. The molecule has 1 aliphatic heterocycles. The second kappa shape index (κ2) is 6.53. The van der Waals surface area contributed by atoms with Gasteiger partial charge in [0.05, 0.1) is 12.5 Å². The number of aliphatic carboxylic acids is 1. The van der Waals surface area contributed by atoms with Crippen molar-refractivity contribution in [2.45, 2.75) is 25.4 Å². The number of nitrogens with one attached hydrogen (secondary N) is 2. The van der Waals surface area contributed by atoms with Crippen molar-refractivity contribution in [1.82, 2.24) is 20.5 Å². The Morgan fingerprint density at radius 1 is 1.67 bits per heavy atom. The molecule has 21 heavy (non-hydrogen) atoms. The van der Waals surface area contributed by atoms with E-state index in [9.17, 15) is 14.4 Å². The third-order valence-electron chi connectivity index (χ3n) is 3.12. The molecule has 0 radical (unpaired) electrons. The van der Waals surface area contributed by atoms with E-state index in [-0.39, 0.29) is 12.6 Å². The van der Waals surface area contributed by atoms with Gasteiger partial charge in [0, 0.05) is 24.7 Å². The van der Waals surface area contributed by atoms with E-state index < -0.39 is 30.4 Å². The van der Waals surface area contributed by atoms with Crippen LogP contribution in [0.1, 0.15) is 24.4 Å². The van der Waals surface area contributed by atoms with Gasteiger partial charge >= 0.3 is 12.0 Å². The van der Waals surface area contributed by atoms with E-state index in [4.69, 9.17) is 5.11 Å². The maximum Gasteiger partial charge on any atom is 0.318 e. The molecule has 0 aliphatic carbocycles. The molecule has 114 valence electrons. The first kappa shape index (κ1) is 15.2. The Balaban J connectivity index is 2.04. The topological polar surface area (TPSA) is 112 Å². The SMILES string of the molecule is CC(NC(=O)N1CCNC(=O)C1CC(=O)O)c1nccs1. The van der Waals surface area contributed by atoms with Crippen molar-refractivity contribution in [3.63, 3.8) is 0 Å². The molecule has 2 atom stereocenters. The average molecular weight is 312 g/mol. The van der Waals surface area contributed by atoms with E-state index in [2.05, 4.69) is 15.6 Å². The van der Waals surface area contributed by atoms with Gasteiger partial charge < -0.3 is 20.6 Å². The predicted molar refractivity (Wildman–Crippen MR) is 74.8 cm³/mol. The van der Waals surface area contributed by atoms with Crippen LogP contribution >= 0.6 is 11.3 Å². The number of hydrogen-bond donors (Lipinski definition) is 3. The van der Waals surface area contributed by atoms with Gasteiger partial charge in [-0.1, -0.05) is 0 Å². The van der Waals surface area contributed by atoms with Gasteiger partial charge in [-0.2, -0.15) is 0 Å². The number of carboxylic acid groups (broad SMARTS) is 1. The van der Waals surface area contributed by atoms with Gasteiger partial charge in [0.1, 0.15) is 11.0 Å². The third-order valence-corrected chi connectivity index (χ3v) is 4.08. The number of amides is 3. The van der Waals surface area contributed by atoms with Crippen molar-refractivity contribution < 1.29 is 19.5 Å². The molecule has 2 unspecified atom stereocenters. The summed E-state index contributed by atoms with van der Waals surface area (Å²) in [7, 11) is 0. The molecule has 0 aromatic carbocycles. The lowest BCUT2D eigenvalue weighted by Crippen LogP contribution is -2.60. The Kier molecular flexibility index (Phi) is 4.73. The second-order valence-electron chi connectivity index (χ2n) is 4.64. The quantitative estimate of drug-likeness (QED) is 0.735. The summed E-state index contributed by atoms with van der Waals surface area (Å²) in [4.78, 5) is 40.2. The Morgan fingerprint density at radius 2 is 2.43 bits per heavy atom. The minimum absolute atomic E-state index is 0.278. The van der Waals surface area contributed by atoms with Crippen molar-refractivity contribution in [3.8, 4) is 0 Å². The summed E-state index contributed by atoms with van der Waals surface area (Å²) in [5.41, 5.74) is 0. The maximum absolute atomic E-state index is 12.3. The van der Waals surface area contributed by atoms with E-state index in [1.807, 2.05) is 0 Å². The minimum atomic E-state index is -1.12. The molecule has 2 heterocycles. The molecule has 2 rings (SSSR count). The predicted octanol–water partition coefficient (Wildman–Crippen LogP) is 0.189. The first-order chi connectivity index (χ1) is 9.99. The van der Waals surface area contributed by atoms with Crippen molar-refractivity contribution in [2.75, 3.05) is 13.1 Å². The largest absolute Gasteiger partial charge is 0.481 e. The Bertz CT molecular complexity index is 533. The Morgan fingerprint density at radius 3 is 3.05 bits per heavy atom. The average Bonchev–Trinajstić information content (AvgIpc) is 2.94. The van der Waals surface area contributed by atoms with Crippen LogP contribution in [0.15, 0.2) is 11.6 Å². The first-order valence-corrected chi connectivity index (χ1v) is 7.33. The fourth-order valence-corrected chi connectivity index (χ4v) is 2.75. The fourth-order valence-electron chi connectivity index (χ4n) is 2.10. The number of nitrogens with zero attached hydrogens (tertiary/aromatic N) is 2. The lowest BCUT2D eigenvalue weighted by molar-refractivity contribution is -0.142. The van der Waals surface area contributed by atoms with Crippen molar-refractivity contribution >= 4 is 29.2 Å². The number of piperazine rings is 1. The number of thiazole rings is 1. The molecular formula is C12H16N4O4S. The maximum atomic E-state index is 12.3. The lowest BCUT2D eigenvalue weighted by atomic mass is 10.1. The molecule has 1 saturated heterocycles. The van der Waals surface area contributed by atoms with Crippen LogP contribution in [0.2, 0.25) is 0 Å². The van der Waals surface area contributed by atoms with E-state index >= 15 is 0 Å². The van der Waals surface area contributed by atoms with Crippen molar-refractivity contribution in [3.05, 3.63) is 16.6 Å². The standard InChI is InChI=1S/C12H16N4O4S/c1-7(11-14-3-5-21-11)15-12(20)16-4-2-13-10(19)8(16)6-9(17)18/h3,5,7-8H,2,4,6H2,1H3,(H,13,19)(H,15,20)(H,17,18). The number of urea groups is 1. The van der Waals surface area contributed by atoms with Crippen LogP contribution in [-0.4, -0.2) is 52.0 Å². The van der Waals surface area contributed by atoms with Gasteiger partial charge in [-0.15, -0.1) is 11.3 Å². The second-order valence-corrected chi connectivity index (χ2v) is 5.57. The minimum Gasteiger partial charge on any atom is -0.481 e. The number of carbonyl (C=O) groups is 3. The summed E-state index contributed by atoms with van der Waals surface area (Å²) in [6.45, 7) is 2.38. The van der Waals surface area contributed by atoms with Crippen molar-refractivity contribution in [1.29, 1.82) is 0 Å². The molecule has 1 fully saturated rings. The molecule has 1 aromatic heterocycles. The number of hydrogen-bond acceptors (Lipinski definition) is 5. The smallest absolute Gasteiger partial charge is 0.318 e. The lowest BCUT2D eigenvalue weighted by Gasteiger charge is -2.34. The molecule has 0 saturated carbocycles. The van der Waals surface area contributed by atoms with Crippen LogP contribution in [0.25, 0.3) is 0 Å². The van der Waals surface area contributed by atoms with Crippen molar-refractivity contribution in [2.24, 2.45) is 0 Å². The molecule has 9 heteroatoms. The highest BCUT2D eigenvalue weighted by atomic mass is 32.1. The van der Waals surface area contributed by atoms with E-state index in [0.29, 0.717) is 6.54 Å². The zero-order valence-corrected chi connectivity index (χ0v) is 12.2. The zero-order chi connectivity index (χ0) is 15.4. The molecule has 0 bridgehead atoms. The third kappa shape index (κ3) is 3.69. The first-order valence-electron chi connectivity index (χ1n) is 6.45. The van der Waals surface area contributed by atoms with Gasteiger partial charge in [0.15, 0.2) is 0 Å². The van der Waals surface area contributed by atoms with Crippen LogP contribution < -0.4 is 10.6 Å². The molecule has 0 spiro atoms. The number of carbonyl (C=O) groups excluding carboxylic acids is 2. The van der Waals surface area contributed by atoms with Crippen LogP contribution in [0.4, 0.5) is 4.79 Å². The van der Waals surface area contributed by atoms with Crippen LogP contribution in [-0.2, 0) is 9.59 Å². The summed E-state index contributed by atoms with van der Waals surface area (Å²) < 4.78 is 0. The Hall–Kier alpha value is -2.16.